The quantitative estimate of drug-likeness (QED) is 0.879. The molecule has 0 spiro atoms. The average Bonchev–Trinajstić information content (AvgIpc) is 2.28. The molecule has 1 heterocycles. The Morgan fingerprint density at radius 3 is 2.33 bits per heavy atom. The lowest BCUT2D eigenvalue weighted by atomic mass is 10.1. The zero-order valence-corrected chi connectivity index (χ0v) is 10.2. The highest BCUT2D eigenvalue weighted by Gasteiger charge is 2.16. The maximum Gasteiger partial charge on any atom is 0.337 e. The molecule has 1 aromatic carbocycles. The number of rotatable bonds is 2. The van der Waals surface area contributed by atoms with Gasteiger partial charge in [0.2, 0.25) is 0 Å². The highest BCUT2D eigenvalue weighted by atomic mass is 16.4. The molecule has 0 fully saturated rings. The van der Waals surface area contributed by atoms with Gasteiger partial charge in [-0.25, -0.2) is 4.79 Å². The van der Waals surface area contributed by atoms with Crippen molar-refractivity contribution in [3.63, 3.8) is 0 Å². The predicted molar refractivity (Wildman–Crippen MR) is 68.5 cm³/mol. The first-order valence-electron chi connectivity index (χ1n) is 5.54. The summed E-state index contributed by atoms with van der Waals surface area (Å²) in [6.45, 7) is 3.28. The van der Waals surface area contributed by atoms with E-state index in [0.717, 1.165) is 0 Å². The fourth-order valence-electron chi connectivity index (χ4n) is 2.11. The molecule has 0 aliphatic rings. The van der Waals surface area contributed by atoms with Gasteiger partial charge in [0.05, 0.1) is 5.56 Å². The number of carboxylic acids is 1. The van der Waals surface area contributed by atoms with Gasteiger partial charge in [-0.05, 0) is 31.5 Å². The van der Waals surface area contributed by atoms with Crippen LogP contribution >= 0.6 is 0 Å². The van der Waals surface area contributed by atoms with Crippen LogP contribution in [0.5, 0.6) is 0 Å². The maximum atomic E-state index is 12.0. The number of para-hydroxylation sites is 1. The summed E-state index contributed by atoms with van der Waals surface area (Å²) in [4.78, 5) is 23.2. The molecule has 0 unspecified atom stereocenters. The van der Waals surface area contributed by atoms with Gasteiger partial charge in [0.15, 0.2) is 0 Å². The first-order valence-corrected chi connectivity index (χ1v) is 5.54. The monoisotopic (exact) mass is 243 g/mol. The van der Waals surface area contributed by atoms with Gasteiger partial charge in [0.1, 0.15) is 0 Å². The second kappa shape index (κ2) is 4.49. The largest absolute Gasteiger partial charge is 0.478 e. The van der Waals surface area contributed by atoms with E-state index in [-0.39, 0.29) is 11.1 Å². The molecule has 1 N–H and O–H groups in total. The van der Waals surface area contributed by atoms with Crippen LogP contribution in [0.1, 0.15) is 21.6 Å². The third-order valence-electron chi connectivity index (χ3n) is 2.88. The van der Waals surface area contributed by atoms with E-state index in [1.165, 1.54) is 10.6 Å². The molecular weight excluding hydrogens is 230 g/mol. The van der Waals surface area contributed by atoms with Crippen LogP contribution in [0.25, 0.3) is 5.69 Å². The highest BCUT2D eigenvalue weighted by molar-refractivity contribution is 5.90. The summed E-state index contributed by atoms with van der Waals surface area (Å²) >= 11 is 0. The van der Waals surface area contributed by atoms with Crippen LogP contribution in [0, 0.1) is 13.8 Å². The Morgan fingerprint density at radius 1 is 1.17 bits per heavy atom. The second-order valence-electron chi connectivity index (χ2n) is 4.10. The maximum absolute atomic E-state index is 12.0. The molecule has 0 radical (unpaired) electrons. The van der Waals surface area contributed by atoms with Crippen LogP contribution in [0.3, 0.4) is 0 Å². The number of hydrogen-bond acceptors (Lipinski definition) is 2. The van der Waals surface area contributed by atoms with Gasteiger partial charge in [-0.3, -0.25) is 9.36 Å². The van der Waals surface area contributed by atoms with Gasteiger partial charge in [0.25, 0.3) is 5.56 Å². The van der Waals surface area contributed by atoms with Crippen LogP contribution in [-0.4, -0.2) is 15.6 Å². The number of aromatic carboxylic acids is 1. The molecule has 0 saturated carbocycles. The summed E-state index contributed by atoms with van der Waals surface area (Å²) in [5.41, 5.74) is 1.55. The Labute approximate surface area is 104 Å². The Hall–Kier alpha value is -2.36. The molecule has 92 valence electrons. The summed E-state index contributed by atoms with van der Waals surface area (Å²) in [6.07, 6.45) is 0. The fraction of sp³-hybridized carbons (Fsp3) is 0.143. The molecule has 0 saturated heterocycles. The molecule has 0 aliphatic heterocycles. The van der Waals surface area contributed by atoms with E-state index < -0.39 is 5.97 Å². The van der Waals surface area contributed by atoms with Crippen molar-refractivity contribution in [1.29, 1.82) is 0 Å². The highest BCUT2D eigenvalue weighted by Crippen LogP contribution is 2.15. The van der Waals surface area contributed by atoms with E-state index in [0.29, 0.717) is 16.9 Å². The Kier molecular flexibility index (Phi) is 3.02. The first-order chi connectivity index (χ1) is 8.52. The minimum absolute atomic E-state index is 0.179. The zero-order chi connectivity index (χ0) is 13.3. The number of carboxylic acid groups (broad SMARTS) is 1. The van der Waals surface area contributed by atoms with E-state index in [1.807, 2.05) is 18.2 Å². The van der Waals surface area contributed by atoms with Gasteiger partial charge in [-0.1, -0.05) is 18.2 Å². The van der Waals surface area contributed by atoms with Crippen molar-refractivity contribution in [2.45, 2.75) is 13.8 Å². The molecule has 18 heavy (non-hydrogen) atoms. The summed E-state index contributed by atoms with van der Waals surface area (Å²) in [5, 5.41) is 9.19. The zero-order valence-electron chi connectivity index (χ0n) is 10.2. The molecule has 0 bridgehead atoms. The molecular formula is C14H13NO3. The summed E-state index contributed by atoms with van der Waals surface area (Å²) in [7, 11) is 0. The number of nitrogens with zero attached hydrogens (tertiary/aromatic N) is 1. The number of aryl methyl sites for hydroxylation is 1. The number of hydrogen-bond donors (Lipinski definition) is 1. The third kappa shape index (κ3) is 1.93. The lowest BCUT2D eigenvalue weighted by molar-refractivity contribution is 0.0694. The van der Waals surface area contributed by atoms with Gasteiger partial charge in [-0.15, -0.1) is 0 Å². The Balaban J connectivity index is 2.81. The van der Waals surface area contributed by atoms with Crippen molar-refractivity contribution >= 4 is 5.97 Å². The van der Waals surface area contributed by atoms with Crippen molar-refractivity contribution in [3.8, 4) is 5.69 Å². The van der Waals surface area contributed by atoms with Gasteiger partial charge in [0, 0.05) is 17.4 Å². The first kappa shape index (κ1) is 12.1. The van der Waals surface area contributed by atoms with Crippen molar-refractivity contribution in [3.05, 3.63) is 63.6 Å². The molecule has 4 heteroatoms. The Morgan fingerprint density at radius 2 is 1.78 bits per heavy atom. The molecule has 1 aromatic heterocycles. The van der Waals surface area contributed by atoms with Crippen molar-refractivity contribution < 1.29 is 9.90 Å². The summed E-state index contributed by atoms with van der Waals surface area (Å²) in [6, 6.07) is 10.4. The molecule has 0 atom stereocenters. The van der Waals surface area contributed by atoms with Gasteiger partial charge < -0.3 is 5.11 Å². The average molecular weight is 243 g/mol. The minimum Gasteiger partial charge on any atom is -0.478 e. The van der Waals surface area contributed by atoms with Crippen molar-refractivity contribution in [2.75, 3.05) is 0 Å². The molecule has 4 nitrogen and oxygen atoms in total. The fourth-order valence-corrected chi connectivity index (χ4v) is 2.11. The molecule has 2 aromatic rings. The number of pyridine rings is 1. The molecule has 2 rings (SSSR count). The van der Waals surface area contributed by atoms with E-state index in [9.17, 15) is 14.7 Å². The lowest BCUT2D eigenvalue weighted by Gasteiger charge is -2.13. The smallest absolute Gasteiger partial charge is 0.337 e. The van der Waals surface area contributed by atoms with Crippen molar-refractivity contribution in [2.24, 2.45) is 0 Å². The topological polar surface area (TPSA) is 59.3 Å². The summed E-state index contributed by atoms with van der Waals surface area (Å²) < 4.78 is 1.41. The van der Waals surface area contributed by atoms with E-state index in [2.05, 4.69) is 0 Å². The summed E-state index contributed by atoms with van der Waals surface area (Å²) in [5.74, 6) is -1.02. The SMILES string of the molecule is Cc1cc(=O)n(-c2ccccc2)c(C)c1C(=O)O. The predicted octanol–water partition coefficient (Wildman–Crippen LogP) is 2.15. The van der Waals surface area contributed by atoms with Gasteiger partial charge in [-0.2, -0.15) is 0 Å². The van der Waals surface area contributed by atoms with E-state index in [1.54, 1.807) is 26.0 Å². The normalized spacial score (nSPS) is 10.3. The lowest BCUT2D eigenvalue weighted by Crippen LogP contribution is -2.24. The standard InChI is InChI=1S/C14H13NO3/c1-9-8-12(16)15(10(2)13(9)14(17)18)11-6-4-3-5-7-11/h3-8H,1-2H3,(H,17,18). The van der Waals surface area contributed by atoms with Crippen LogP contribution in [0.15, 0.2) is 41.2 Å². The van der Waals surface area contributed by atoms with Crippen LogP contribution in [0.2, 0.25) is 0 Å². The number of benzene rings is 1. The van der Waals surface area contributed by atoms with E-state index in [4.69, 9.17) is 0 Å². The van der Waals surface area contributed by atoms with Gasteiger partial charge >= 0.3 is 5.97 Å². The van der Waals surface area contributed by atoms with Crippen molar-refractivity contribution in [1.82, 2.24) is 4.57 Å². The molecule has 0 aliphatic carbocycles. The number of carbonyl (C=O) groups is 1. The Bertz CT molecular complexity index is 657. The molecule has 0 amide bonds. The minimum atomic E-state index is -1.02. The van der Waals surface area contributed by atoms with Crippen LogP contribution < -0.4 is 5.56 Å². The van der Waals surface area contributed by atoms with E-state index >= 15 is 0 Å². The second-order valence-corrected chi connectivity index (χ2v) is 4.10. The third-order valence-corrected chi connectivity index (χ3v) is 2.88. The van der Waals surface area contributed by atoms with Crippen LogP contribution in [0.4, 0.5) is 0 Å². The number of aromatic nitrogens is 1. The van der Waals surface area contributed by atoms with Crippen LogP contribution in [-0.2, 0) is 0 Å².